The number of piperidine rings is 1. The van der Waals surface area contributed by atoms with Crippen LogP contribution in [0.3, 0.4) is 0 Å². The fourth-order valence-corrected chi connectivity index (χ4v) is 3.23. The molecule has 1 aliphatic rings. The van der Waals surface area contributed by atoms with Crippen molar-refractivity contribution in [3.8, 4) is 0 Å². The van der Waals surface area contributed by atoms with Crippen molar-refractivity contribution in [1.29, 1.82) is 0 Å². The molecule has 1 saturated heterocycles. The van der Waals surface area contributed by atoms with Gasteiger partial charge in [0.25, 0.3) is 5.91 Å². The molecule has 0 aliphatic carbocycles. The van der Waals surface area contributed by atoms with E-state index in [2.05, 4.69) is 18.8 Å². The van der Waals surface area contributed by atoms with Crippen LogP contribution in [0.15, 0.2) is 36.5 Å². The predicted octanol–water partition coefficient (Wildman–Crippen LogP) is 3.74. The van der Waals surface area contributed by atoms with E-state index in [1.54, 1.807) is 6.20 Å². The Morgan fingerprint density at radius 1 is 1.19 bits per heavy atom. The van der Waals surface area contributed by atoms with Crippen molar-refractivity contribution in [3.05, 3.63) is 42.1 Å². The molecule has 2 aromatic rings. The number of hydrogen-bond donors (Lipinski definition) is 0. The van der Waals surface area contributed by atoms with Crippen LogP contribution in [0.1, 0.15) is 37.0 Å². The highest BCUT2D eigenvalue weighted by Crippen LogP contribution is 2.26. The molecule has 1 amide bonds. The number of nitrogens with zero attached hydrogens (tertiary/aromatic N) is 2. The van der Waals surface area contributed by atoms with Crippen LogP contribution in [-0.2, 0) is 0 Å². The molecule has 1 aromatic heterocycles. The molecule has 1 aliphatic heterocycles. The minimum absolute atomic E-state index is 0.149. The van der Waals surface area contributed by atoms with Gasteiger partial charge >= 0.3 is 0 Å². The molecule has 3 nitrogen and oxygen atoms in total. The third-order valence-electron chi connectivity index (χ3n) is 4.65. The average Bonchev–Trinajstić information content (AvgIpc) is 2.53. The normalized spacial score (nSPS) is 16.6. The number of hydrogen-bond acceptors (Lipinski definition) is 2. The molecule has 21 heavy (non-hydrogen) atoms. The third-order valence-corrected chi connectivity index (χ3v) is 4.65. The second kappa shape index (κ2) is 5.84. The molecule has 110 valence electrons. The van der Waals surface area contributed by atoms with Gasteiger partial charge < -0.3 is 4.90 Å². The van der Waals surface area contributed by atoms with E-state index in [4.69, 9.17) is 0 Å². The quantitative estimate of drug-likeness (QED) is 0.840. The van der Waals surface area contributed by atoms with E-state index in [1.807, 2.05) is 35.2 Å². The number of fused-ring (bicyclic) bond motifs is 1. The van der Waals surface area contributed by atoms with Crippen molar-refractivity contribution in [2.24, 2.45) is 11.8 Å². The Labute approximate surface area is 126 Å². The summed E-state index contributed by atoms with van der Waals surface area (Å²) in [5.74, 6) is 1.61. The maximum absolute atomic E-state index is 12.8. The van der Waals surface area contributed by atoms with Gasteiger partial charge in [0.2, 0.25) is 0 Å². The van der Waals surface area contributed by atoms with Crippen molar-refractivity contribution in [2.45, 2.75) is 26.7 Å². The van der Waals surface area contributed by atoms with Gasteiger partial charge in [-0.05, 0) is 42.9 Å². The molecule has 0 atom stereocenters. The number of carbonyl (C=O) groups is 1. The number of pyridine rings is 1. The molecule has 1 aromatic carbocycles. The largest absolute Gasteiger partial charge is 0.339 e. The topological polar surface area (TPSA) is 33.2 Å². The highest BCUT2D eigenvalue weighted by Gasteiger charge is 2.25. The van der Waals surface area contributed by atoms with Gasteiger partial charge in [0.1, 0.15) is 0 Å². The molecule has 3 heteroatoms. The van der Waals surface area contributed by atoms with Gasteiger partial charge in [-0.25, -0.2) is 0 Å². The minimum Gasteiger partial charge on any atom is -0.339 e. The van der Waals surface area contributed by atoms with Gasteiger partial charge in [0.15, 0.2) is 0 Å². The fraction of sp³-hybridized carbons (Fsp3) is 0.444. The van der Waals surface area contributed by atoms with E-state index < -0.39 is 0 Å². The Morgan fingerprint density at radius 2 is 1.95 bits per heavy atom. The standard InChI is InChI=1S/C18H22N2O/c1-13(2)14-8-11-20(12-9-14)18(21)16-5-3-7-17-15(16)6-4-10-19-17/h3-7,10,13-14H,8-9,11-12H2,1-2H3. The number of rotatable bonds is 2. The van der Waals surface area contributed by atoms with Crippen molar-refractivity contribution < 1.29 is 4.79 Å². The van der Waals surface area contributed by atoms with Crippen LogP contribution in [0.25, 0.3) is 10.9 Å². The third kappa shape index (κ3) is 2.78. The van der Waals surface area contributed by atoms with E-state index in [1.165, 1.54) is 0 Å². The number of benzene rings is 1. The smallest absolute Gasteiger partial charge is 0.254 e. The van der Waals surface area contributed by atoms with Crippen LogP contribution in [-0.4, -0.2) is 28.9 Å². The maximum atomic E-state index is 12.8. The Hall–Kier alpha value is -1.90. The van der Waals surface area contributed by atoms with Gasteiger partial charge in [-0.2, -0.15) is 0 Å². The lowest BCUT2D eigenvalue weighted by atomic mass is 9.86. The summed E-state index contributed by atoms with van der Waals surface area (Å²) in [4.78, 5) is 19.1. The van der Waals surface area contributed by atoms with Crippen LogP contribution in [0.5, 0.6) is 0 Å². The van der Waals surface area contributed by atoms with Gasteiger partial charge in [-0.1, -0.05) is 26.0 Å². The summed E-state index contributed by atoms with van der Waals surface area (Å²) in [6, 6.07) is 9.67. The molecule has 0 N–H and O–H groups in total. The Balaban J connectivity index is 1.82. The van der Waals surface area contributed by atoms with Gasteiger partial charge in [-0.15, -0.1) is 0 Å². The van der Waals surface area contributed by atoms with Crippen LogP contribution in [0, 0.1) is 11.8 Å². The van der Waals surface area contributed by atoms with Gasteiger partial charge in [0.05, 0.1) is 5.52 Å². The van der Waals surface area contributed by atoms with Crippen molar-refractivity contribution in [3.63, 3.8) is 0 Å². The summed E-state index contributed by atoms with van der Waals surface area (Å²) in [6.45, 7) is 6.30. The lowest BCUT2D eigenvalue weighted by Crippen LogP contribution is -2.39. The van der Waals surface area contributed by atoms with E-state index in [-0.39, 0.29) is 5.91 Å². The summed E-state index contributed by atoms with van der Waals surface area (Å²) in [5, 5.41) is 0.955. The number of likely N-dealkylation sites (tertiary alicyclic amines) is 1. The van der Waals surface area contributed by atoms with E-state index in [9.17, 15) is 4.79 Å². The predicted molar refractivity (Wildman–Crippen MR) is 85.2 cm³/mol. The fourth-order valence-electron chi connectivity index (χ4n) is 3.23. The molecular weight excluding hydrogens is 260 g/mol. The summed E-state index contributed by atoms with van der Waals surface area (Å²) in [5.41, 5.74) is 1.67. The molecule has 0 bridgehead atoms. The highest BCUT2D eigenvalue weighted by molar-refractivity contribution is 6.06. The lowest BCUT2D eigenvalue weighted by Gasteiger charge is -2.34. The Morgan fingerprint density at radius 3 is 2.67 bits per heavy atom. The van der Waals surface area contributed by atoms with Crippen molar-refractivity contribution in [1.82, 2.24) is 9.88 Å². The molecule has 2 heterocycles. The highest BCUT2D eigenvalue weighted by atomic mass is 16.2. The van der Waals surface area contributed by atoms with Gasteiger partial charge in [0, 0.05) is 30.2 Å². The summed E-state index contributed by atoms with van der Waals surface area (Å²) in [6.07, 6.45) is 4.00. The SMILES string of the molecule is CC(C)C1CCN(C(=O)c2cccc3ncccc23)CC1. The first-order chi connectivity index (χ1) is 10.2. The lowest BCUT2D eigenvalue weighted by molar-refractivity contribution is 0.0669. The molecule has 3 rings (SSSR count). The molecule has 1 fully saturated rings. The van der Waals surface area contributed by atoms with E-state index in [0.717, 1.165) is 48.3 Å². The summed E-state index contributed by atoms with van der Waals surface area (Å²) in [7, 11) is 0. The van der Waals surface area contributed by atoms with E-state index >= 15 is 0 Å². The van der Waals surface area contributed by atoms with Crippen molar-refractivity contribution in [2.75, 3.05) is 13.1 Å². The average molecular weight is 282 g/mol. The Bertz CT molecular complexity index is 637. The van der Waals surface area contributed by atoms with Crippen LogP contribution in [0.4, 0.5) is 0 Å². The zero-order valence-corrected chi connectivity index (χ0v) is 12.7. The number of carbonyl (C=O) groups excluding carboxylic acids is 1. The Kier molecular flexibility index (Phi) is 3.91. The molecule has 0 spiro atoms. The van der Waals surface area contributed by atoms with Crippen LogP contribution >= 0.6 is 0 Å². The second-order valence-corrected chi connectivity index (χ2v) is 6.25. The first-order valence-electron chi connectivity index (χ1n) is 7.80. The molecule has 0 unspecified atom stereocenters. The first-order valence-corrected chi connectivity index (χ1v) is 7.80. The van der Waals surface area contributed by atoms with E-state index in [0.29, 0.717) is 5.92 Å². The minimum atomic E-state index is 0.149. The number of amides is 1. The summed E-state index contributed by atoms with van der Waals surface area (Å²) < 4.78 is 0. The number of aromatic nitrogens is 1. The second-order valence-electron chi connectivity index (χ2n) is 6.25. The van der Waals surface area contributed by atoms with Gasteiger partial charge in [-0.3, -0.25) is 9.78 Å². The zero-order chi connectivity index (χ0) is 14.8. The van der Waals surface area contributed by atoms with Crippen LogP contribution in [0.2, 0.25) is 0 Å². The maximum Gasteiger partial charge on any atom is 0.254 e. The first kappa shape index (κ1) is 14.1. The zero-order valence-electron chi connectivity index (χ0n) is 12.7. The molecule has 0 saturated carbocycles. The monoisotopic (exact) mass is 282 g/mol. The van der Waals surface area contributed by atoms with Crippen LogP contribution < -0.4 is 0 Å². The van der Waals surface area contributed by atoms with Crippen molar-refractivity contribution >= 4 is 16.8 Å². The molecule has 0 radical (unpaired) electrons. The molecular formula is C18H22N2O. The summed E-state index contributed by atoms with van der Waals surface area (Å²) >= 11 is 0.